The number of carbonyl (C=O) groups is 1. The van der Waals surface area contributed by atoms with Gasteiger partial charge in [-0.1, -0.05) is 0 Å². The predicted octanol–water partition coefficient (Wildman–Crippen LogP) is 1.55. The highest BCUT2D eigenvalue weighted by Crippen LogP contribution is 2.15. The van der Waals surface area contributed by atoms with Crippen LogP contribution >= 0.6 is 0 Å². The van der Waals surface area contributed by atoms with Gasteiger partial charge in [-0.05, 0) is 25.8 Å². The zero-order valence-corrected chi connectivity index (χ0v) is 9.86. The minimum atomic E-state index is -1.03. The Kier molecular flexibility index (Phi) is 3.81. The van der Waals surface area contributed by atoms with Crippen LogP contribution in [0.15, 0.2) is 10.5 Å². The Balaban J connectivity index is 1.91. The lowest BCUT2D eigenvalue weighted by atomic mass is 10.1. The molecular weight excluding hydrogens is 222 g/mol. The van der Waals surface area contributed by atoms with Crippen LogP contribution < -0.4 is 5.32 Å². The molecule has 0 bridgehead atoms. The van der Waals surface area contributed by atoms with Gasteiger partial charge in [0.05, 0.1) is 6.61 Å². The van der Waals surface area contributed by atoms with Gasteiger partial charge in [-0.15, -0.1) is 0 Å². The second-order valence-electron chi connectivity index (χ2n) is 4.29. The first-order valence-electron chi connectivity index (χ1n) is 5.80. The Morgan fingerprint density at radius 3 is 3.06 bits per heavy atom. The average Bonchev–Trinajstić information content (AvgIpc) is 2.70. The summed E-state index contributed by atoms with van der Waals surface area (Å²) in [4.78, 5) is 10.7. The molecule has 0 radical (unpaired) electrons. The Labute approximate surface area is 99.8 Å². The third-order valence-corrected chi connectivity index (χ3v) is 2.97. The lowest BCUT2D eigenvalue weighted by Crippen LogP contribution is -2.36. The molecule has 2 rings (SSSR count). The van der Waals surface area contributed by atoms with Gasteiger partial charge in [-0.2, -0.15) is 0 Å². The molecule has 5 heteroatoms. The summed E-state index contributed by atoms with van der Waals surface area (Å²) in [6.07, 6.45) is 2.17. The van der Waals surface area contributed by atoms with Gasteiger partial charge in [0.25, 0.3) is 0 Å². The number of nitrogens with one attached hydrogen (secondary N) is 1. The van der Waals surface area contributed by atoms with E-state index in [-0.39, 0.29) is 5.76 Å². The molecule has 1 aliphatic heterocycles. The van der Waals surface area contributed by atoms with Gasteiger partial charge in [-0.25, -0.2) is 4.79 Å². The van der Waals surface area contributed by atoms with Crippen LogP contribution in [0.5, 0.6) is 0 Å². The van der Waals surface area contributed by atoms with E-state index in [4.69, 9.17) is 14.3 Å². The molecule has 0 saturated carbocycles. The summed E-state index contributed by atoms with van der Waals surface area (Å²) in [6, 6.07) is 1.93. The van der Waals surface area contributed by atoms with Gasteiger partial charge in [0.2, 0.25) is 5.76 Å². The smallest absolute Gasteiger partial charge is 0.371 e. The van der Waals surface area contributed by atoms with Crippen molar-refractivity contribution in [2.75, 3.05) is 13.2 Å². The number of furan rings is 1. The first-order valence-corrected chi connectivity index (χ1v) is 5.80. The zero-order valence-electron chi connectivity index (χ0n) is 9.86. The van der Waals surface area contributed by atoms with Crippen molar-refractivity contribution in [2.24, 2.45) is 0 Å². The summed E-state index contributed by atoms with van der Waals surface area (Å²) in [5.41, 5.74) is 0.896. The molecule has 0 spiro atoms. The van der Waals surface area contributed by atoms with E-state index >= 15 is 0 Å². The molecule has 0 aromatic carbocycles. The van der Waals surface area contributed by atoms with Gasteiger partial charge in [0.15, 0.2) is 0 Å². The van der Waals surface area contributed by atoms with Crippen molar-refractivity contribution in [1.29, 1.82) is 0 Å². The van der Waals surface area contributed by atoms with Crippen molar-refractivity contribution in [2.45, 2.75) is 32.4 Å². The van der Waals surface area contributed by atoms with E-state index < -0.39 is 5.97 Å². The third kappa shape index (κ3) is 3.08. The fraction of sp³-hybridized carbons (Fsp3) is 0.583. The minimum absolute atomic E-state index is 0.000746. The summed E-state index contributed by atoms with van der Waals surface area (Å²) in [5, 5.41) is 12.2. The molecule has 2 heterocycles. The second-order valence-corrected chi connectivity index (χ2v) is 4.29. The normalized spacial score (nSPS) is 20.4. The van der Waals surface area contributed by atoms with Crippen molar-refractivity contribution < 1.29 is 19.1 Å². The monoisotopic (exact) mass is 239 g/mol. The average molecular weight is 239 g/mol. The fourth-order valence-corrected chi connectivity index (χ4v) is 1.96. The molecule has 94 valence electrons. The largest absolute Gasteiger partial charge is 0.475 e. The van der Waals surface area contributed by atoms with E-state index in [2.05, 4.69) is 5.32 Å². The van der Waals surface area contributed by atoms with Crippen LogP contribution in [0.1, 0.15) is 34.7 Å². The number of hydrogen-bond donors (Lipinski definition) is 2. The standard InChI is InChI=1S/C12H17NO4/c1-8-9(5-11(17-8)12(14)15)6-13-10-3-2-4-16-7-10/h5,10,13H,2-4,6-7H2,1H3,(H,14,15). The SMILES string of the molecule is Cc1oc(C(=O)O)cc1CNC1CCCOC1. The summed E-state index contributed by atoms with van der Waals surface area (Å²) in [5.74, 6) is -0.369. The molecule has 1 unspecified atom stereocenters. The fourth-order valence-electron chi connectivity index (χ4n) is 1.96. The van der Waals surface area contributed by atoms with Crippen LogP contribution in [0, 0.1) is 6.92 Å². The molecule has 5 nitrogen and oxygen atoms in total. The number of aryl methyl sites for hydroxylation is 1. The molecule has 1 aromatic heterocycles. The molecule has 0 amide bonds. The van der Waals surface area contributed by atoms with Crippen LogP contribution in [0.4, 0.5) is 0 Å². The maximum atomic E-state index is 10.7. The van der Waals surface area contributed by atoms with E-state index in [1.165, 1.54) is 0 Å². The van der Waals surface area contributed by atoms with Crippen molar-refractivity contribution in [3.63, 3.8) is 0 Å². The topological polar surface area (TPSA) is 71.7 Å². The number of hydrogen-bond acceptors (Lipinski definition) is 4. The quantitative estimate of drug-likeness (QED) is 0.834. The lowest BCUT2D eigenvalue weighted by molar-refractivity contribution is 0.0661. The van der Waals surface area contributed by atoms with Gasteiger partial charge in [-0.3, -0.25) is 0 Å². The molecule has 1 aliphatic rings. The molecule has 2 N–H and O–H groups in total. The maximum absolute atomic E-state index is 10.7. The number of ether oxygens (including phenoxy) is 1. The van der Waals surface area contributed by atoms with E-state index in [1.807, 2.05) is 0 Å². The molecule has 1 aromatic rings. The van der Waals surface area contributed by atoms with Crippen LogP contribution in [0.3, 0.4) is 0 Å². The third-order valence-electron chi connectivity index (χ3n) is 2.97. The van der Waals surface area contributed by atoms with Gasteiger partial charge < -0.3 is 19.6 Å². The molecule has 1 atom stereocenters. The van der Waals surface area contributed by atoms with Crippen molar-refractivity contribution in [3.8, 4) is 0 Å². The van der Waals surface area contributed by atoms with Crippen molar-refractivity contribution in [1.82, 2.24) is 5.32 Å². The highest BCUT2D eigenvalue weighted by molar-refractivity contribution is 5.84. The first-order chi connectivity index (χ1) is 8.16. The Bertz CT molecular complexity index is 393. The van der Waals surface area contributed by atoms with E-state index in [1.54, 1.807) is 13.0 Å². The van der Waals surface area contributed by atoms with Gasteiger partial charge in [0.1, 0.15) is 5.76 Å². The molecule has 17 heavy (non-hydrogen) atoms. The first kappa shape index (κ1) is 12.1. The van der Waals surface area contributed by atoms with Gasteiger partial charge >= 0.3 is 5.97 Å². The Morgan fingerprint density at radius 1 is 1.65 bits per heavy atom. The highest BCUT2D eigenvalue weighted by atomic mass is 16.5. The zero-order chi connectivity index (χ0) is 12.3. The summed E-state index contributed by atoms with van der Waals surface area (Å²) in [7, 11) is 0. The summed E-state index contributed by atoms with van der Waals surface area (Å²) < 4.78 is 10.5. The molecule has 1 fully saturated rings. The Hall–Kier alpha value is -1.33. The van der Waals surface area contributed by atoms with E-state index in [0.29, 0.717) is 18.3 Å². The number of aromatic carboxylic acids is 1. The van der Waals surface area contributed by atoms with Crippen LogP contribution in [-0.2, 0) is 11.3 Å². The highest BCUT2D eigenvalue weighted by Gasteiger charge is 2.16. The van der Waals surface area contributed by atoms with Crippen molar-refractivity contribution in [3.05, 3.63) is 23.2 Å². The lowest BCUT2D eigenvalue weighted by Gasteiger charge is -2.23. The Morgan fingerprint density at radius 2 is 2.47 bits per heavy atom. The summed E-state index contributed by atoms with van der Waals surface area (Å²) in [6.45, 7) is 3.96. The predicted molar refractivity (Wildman–Crippen MR) is 61.1 cm³/mol. The number of carboxylic acid groups (broad SMARTS) is 1. The second kappa shape index (κ2) is 5.33. The number of carboxylic acids is 1. The molecule has 1 saturated heterocycles. The number of rotatable bonds is 4. The minimum Gasteiger partial charge on any atom is -0.475 e. The van der Waals surface area contributed by atoms with Crippen LogP contribution in [-0.4, -0.2) is 30.3 Å². The van der Waals surface area contributed by atoms with Crippen LogP contribution in [0.25, 0.3) is 0 Å². The van der Waals surface area contributed by atoms with Crippen LogP contribution in [0.2, 0.25) is 0 Å². The van der Waals surface area contributed by atoms with Crippen molar-refractivity contribution >= 4 is 5.97 Å². The molecule has 0 aliphatic carbocycles. The van der Waals surface area contributed by atoms with Gasteiger partial charge in [0, 0.05) is 24.8 Å². The maximum Gasteiger partial charge on any atom is 0.371 e. The van der Waals surface area contributed by atoms with E-state index in [0.717, 1.165) is 31.6 Å². The van der Waals surface area contributed by atoms with E-state index in [9.17, 15) is 4.79 Å². The molecular formula is C12H17NO4. The summed E-state index contributed by atoms with van der Waals surface area (Å²) >= 11 is 0.